The van der Waals surface area contributed by atoms with Gasteiger partial charge in [-0.3, -0.25) is 9.59 Å². The van der Waals surface area contributed by atoms with Crippen LogP contribution in [0, 0.1) is 0 Å². The monoisotopic (exact) mass is 1200 g/mol. The molecular formula is C79H153NO5. The molecule has 0 saturated heterocycles. The molecule has 3 N–H and O–H groups in total. The Morgan fingerprint density at radius 1 is 0.318 bits per heavy atom. The second-order valence-corrected chi connectivity index (χ2v) is 27.0. The second kappa shape index (κ2) is 74.8. The molecule has 0 rings (SSSR count). The van der Waals surface area contributed by atoms with Gasteiger partial charge < -0.3 is 20.3 Å². The lowest BCUT2D eigenvalue weighted by atomic mass is 10.0. The number of amides is 1. The number of rotatable bonds is 74. The van der Waals surface area contributed by atoms with E-state index < -0.39 is 12.1 Å². The lowest BCUT2D eigenvalue weighted by molar-refractivity contribution is -0.143. The average Bonchev–Trinajstić information content (AvgIpc) is 3.51. The zero-order chi connectivity index (χ0) is 61.3. The van der Waals surface area contributed by atoms with Crippen molar-refractivity contribution < 1.29 is 24.5 Å². The number of aliphatic hydroxyl groups is 2. The van der Waals surface area contributed by atoms with Gasteiger partial charge in [-0.2, -0.15) is 0 Å². The van der Waals surface area contributed by atoms with Crippen LogP contribution in [0.3, 0.4) is 0 Å². The minimum atomic E-state index is -0.841. The fourth-order valence-electron chi connectivity index (χ4n) is 12.5. The molecule has 0 bridgehead atoms. The van der Waals surface area contributed by atoms with Crippen LogP contribution in [-0.4, -0.2) is 47.4 Å². The molecule has 2 unspecified atom stereocenters. The number of carbonyl (C=O) groups is 2. The number of aliphatic hydroxyl groups excluding tert-OH is 2. The molecule has 0 spiro atoms. The van der Waals surface area contributed by atoms with Crippen molar-refractivity contribution in [2.24, 2.45) is 0 Å². The summed E-state index contributed by atoms with van der Waals surface area (Å²) in [7, 11) is 0. The van der Waals surface area contributed by atoms with Crippen molar-refractivity contribution in [1.29, 1.82) is 0 Å². The van der Waals surface area contributed by atoms with Gasteiger partial charge in [0.25, 0.3) is 0 Å². The van der Waals surface area contributed by atoms with Crippen LogP contribution in [0.1, 0.15) is 444 Å². The van der Waals surface area contributed by atoms with Gasteiger partial charge in [0.1, 0.15) is 0 Å². The molecule has 0 fully saturated rings. The highest BCUT2D eigenvalue weighted by Gasteiger charge is 2.18. The van der Waals surface area contributed by atoms with Gasteiger partial charge in [0, 0.05) is 12.8 Å². The topological polar surface area (TPSA) is 95.9 Å². The summed E-state index contributed by atoms with van der Waals surface area (Å²) in [5.41, 5.74) is 0. The standard InChI is InChI=1S/C79H153NO5/c1-3-5-7-9-11-13-15-17-19-21-36-41-45-49-53-57-61-65-69-73-79(84)85-74-70-66-62-58-54-50-46-42-38-35-33-31-29-27-25-23-22-24-26-28-30-32-34-37-40-44-48-52-56-60-64-68-72-78(83)80-76(75-81)77(82)71-67-63-59-55-51-47-43-39-20-18-16-14-12-10-8-6-4-2/h17,19,67,71,76-77,81-82H,3-16,18,20-66,68-70,72-75H2,1-2H3,(H,80,83)/b19-17-,71-67+. The van der Waals surface area contributed by atoms with Crippen LogP contribution in [0.25, 0.3) is 0 Å². The highest BCUT2D eigenvalue weighted by atomic mass is 16.5. The summed E-state index contributed by atoms with van der Waals surface area (Å²) < 4.78 is 5.52. The highest BCUT2D eigenvalue weighted by Crippen LogP contribution is 2.20. The second-order valence-electron chi connectivity index (χ2n) is 27.0. The Bertz CT molecular complexity index is 1330. The molecule has 0 saturated carbocycles. The Kier molecular flexibility index (Phi) is 73.3. The number of esters is 1. The predicted octanol–water partition coefficient (Wildman–Crippen LogP) is 25.7. The number of hydrogen-bond acceptors (Lipinski definition) is 5. The molecule has 1 amide bonds. The first-order valence-corrected chi connectivity index (χ1v) is 39.1. The Hall–Kier alpha value is -1.66. The van der Waals surface area contributed by atoms with E-state index in [-0.39, 0.29) is 18.5 Å². The molecule has 0 aliphatic carbocycles. The molecular weight excluding hydrogens is 1040 g/mol. The van der Waals surface area contributed by atoms with Crippen molar-refractivity contribution in [3.05, 3.63) is 24.3 Å². The van der Waals surface area contributed by atoms with E-state index in [9.17, 15) is 19.8 Å². The van der Waals surface area contributed by atoms with Crippen LogP contribution in [0.5, 0.6) is 0 Å². The molecule has 0 aliphatic heterocycles. The molecule has 6 heteroatoms. The Balaban J connectivity index is 3.32. The van der Waals surface area contributed by atoms with E-state index >= 15 is 0 Å². The van der Waals surface area contributed by atoms with Crippen molar-refractivity contribution in [1.82, 2.24) is 5.32 Å². The van der Waals surface area contributed by atoms with Gasteiger partial charge in [-0.25, -0.2) is 0 Å². The lowest BCUT2D eigenvalue weighted by Crippen LogP contribution is -2.45. The first kappa shape index (κ1) is 83.3. The predicted molar refractivity (Wildman–Crippen MR) is 375 cm³/mol. The molecule has 0 radical (unpaired) electrons. The van der Waals surface area contributed by atoms with Gasteiger partial charge in [0.15, 0.2) is 0 Å². The normalized spacial score (nSPS) is 12.6. The zero-order valence-corrected chi connectivity index (χ0v) is 57.9. The third-order valence-corrected chi connectivity index (χ3v) is 18.5. The van der Waals surface area contributed by atoms with Gasteiger partial charge in [0.05, 0.1) is 25.4 Å². The number of nitrogens with one attached hydrogen (secondary N) is 1. The number of allylic oxidation sites excluding steroid dienone is 3. The summed E-state index contributed by atoms with van der Waals surface area (Å²) in [5.74, 6) is -0.0382. The minimum Gasteiger partial charge on any atom is -0.466 e. The molecule has 6 nitrogen and oxygen atoms in total. The smallest absolute Gasteiger partial charge is 0.305 e. The van der Waals surface area contributed by atoms with E-state index in [1.807, 2.05) is 6.08 Å². The van der Waals surface area contributed by atoms with E-state index in [1.165, 1.54) is 379 Å². The highest BCUT2D eigenvalue weighted by molar-refractivity contribution is 5.76. The zero-order valence-electron chi connectivity index (χ0n) is 57.9. The van der Waals surface area contributed by atoms with Gasteiger partial charge >= 0.3 is 5.97 Å². The summed E-state index contributed by atoms with van der Waals surface area (Å²) in [6.07, 6.45) is 95.8. The SMILES string of the molecule is CCCCCCCC/C=C\CCCCCCCCCCCC(=O)OCCCCCCCCCCCCCCCCCCCCCCCCCCCCCCCCCCC(=O)NC(CO)C(O)/C=C/CCCCCCCCCCCCCCCCC. The quantitative estimate of drug-likeness (QED) is 0.0320. The maximum Gasteiger partial charge on any atom is 0.305 e. The molecule has 0 aliphatic rings. The number of ether oxygens (including phenoxy) is 1. The Labute approximate surface area is 532 Å². The van der Waals surface area contributed by atoms with Crippen LogP contribution >= 0.6 is 0 Å². The van der Waals surface area contributed by atoms with Gasteiger partial charge in [0.2, 0.25) is 5.91 Å². The van der Waals surface area contributed by atoms with E-state index in [0.717, 1.165) is 38.5 Å². The van der Waals surface area contributed by atoms with E-state index in [0.29, 0.717) is 19.4 Å². The maximum absolute atomic E-state index is 12.5. The number of hydrogen-bond donors (Lipinski definition) is 3. The minimum absolute atomic E-state index is 0.0215. The molecule has 85 heavy (non-hydrogen) atoms. The molecule has 0 aromatic heterocycles. The first-order chi connectivity index (χ1) is 42.0. The van der Waals surface area contributed by atoms with Crippen molar-refractivity contribution in [3.63, 3.8) is 0 Å². The van der Waals surface area contributed by atoms with Crippen LogP contribution in [0.4, 0.5) is 0 Å². The third-order valence-electron chi connectivity index (χ3n) is 18.5. The fraction of sp³-hybridized carbons (Fsp3) is 0.924. The summed E-state index contributed by atoms with van der Waals surface area (Å²) in [6, 6.07) is -0.624. The molecule has 0 aromatic carbocycles. The summed E-state index contributed by atoms with van der Waals surface area (Å²) in [6.45, 7) is 4.95. The van der Waals surface area contributed by atoms with Crippen molar-refractivity contribution in [2.75, 3.05) is 13.2 Å². The van der Waals surface area contributed by atoms with E-state index in [1.54, 1.807) is 6.08 Å². The van der Waals surface area contributed by atoms with Crippen molar-refractivity contribution in [3.8, 4) is 0 Å². The lowest BCUT2D eigenvalue weighted by Gasteiger charge is -2.20. The Morgan fingerprint density at radius 2 is 0.553 bits per heavy atom. The largest absolute Gasteiger partial charge is 0.466 e. The van der Waals surface area contributed by atoms with Crippen LogP contribution < -0.4 is 5.32 Å². The average molecular weight is 1200 g/mol. The molecule has 0 heterocycles. The summed E-state index contributed by atoms with van der Waals surface area (Å²) >= 11 is 0. The first-order valence-electron chi connectivity index (χ1n) is 39.1. The molecule has 2 atom stereocenters. The van der Waals surface area contributed by atoms with Crippen LogP contribution in [0.15, 0.2) is 24.3 Å². The fourth-order valence-corrected chi connectivity index (χ4v) is 12.5. The van der Waals surface area contributed by atoms with Crippen LogP contribution in [0.2, 0.25) is 0 Å². The molecule has 504 valence electrons. The maximum atomic E-state index is 12.5. The van der Waals surface area contributed by atoms with Crippen molar-refractivity contribution >= 4 is 11.9 Å². The van der Waals surface area contributed by atoms with Crippen molar-refractivity contribution in [2.45, 2.75) is 456 Å². The van der Waals surface area contributed by atoms with Gasteiger partial charge in [-0.1, -0.05) is 398 Å². The number of carbonyl (C=O) groups excluding carboxylic acids is 2. The summed E-state index contributed by atoms with van der Waals surface area (Å²) in [4.78, 5) is 24.6. The summed E-state index contributed by atoms with van der Waals surface area (Å²) in [5, 5.41) is 23.2. The van der Waals surface area contributed by atoms with Crippen LogP contribution in [-0.2, 0) is 14.3 Å². The Morgan fingerprint density at radius 3 is 0.835 bits per heavy atom. The van der Waals surface area contributed by atoms with E-state index in [4.69, 9.17) is 4.74 Å². The van der Waals surface area contributed by atoms with E-state index in [2.05, 4.69) is 31.3 Å². The number of unbranched alkanes of at least 4 members (excludes halogenated alkanes) is 61. The third kappa shape index (κ3) is 71.3. The van der Waals surface area contributed by atoms with Gasteiger partial charge in [-0.15, -0.1) is 0 Å². The molecule has 0 aromatic rings. The van der Waals surface area contributed by atoms with Gasteiger partial charge in [-0.05, 0) is 57.8 Å².